The van der Waals surface area contributed by atoms with Crippen LogP contribution in [-0.2, 0) is 0 Å². The van der Waals surface area contributed by atoms with Gasteiger partial charge < -0.3 is 9.64 Å². The number of rotatable bonds is 6. The highest BCUT2D eigenvalue weighted by Crippen LogP contribution is 2.17. The third-order valence-corrected chi connectivity index (χ3v) is 4.60. The molecule has 1 saturated heterocycles. The summed E-state index contributed by atoms with van der Waals surface area (Å²) in [6, 6.07) is 17.0. The van der Waals surface area contributed by atoms with Gasteiger partial charge in [0.15, 0.2) is 0 Å². The quantitative estimate of drug-likeness (QED) is 0.740. The first-order chi connectivity index (χ1) is 12.2. The second-order valence-corrected chi connectivity index (χ2v) is 6.60. The Bertz CT molecular complexity index is 685. The molecule has 1 fully saturated rings. The summed E-state index contributed by atoms with van der Waals surface area (Å²) in [4.78, 5) is 16.8. The maximum Gasteiger partial charge on any atom is 0.253 e. The van der Waals surface area contributed by atoms with Crippen LogP contribution >= 0.6 is 11.6 Å². The molecule has 0 bridgehead atoms. The SMILES string of the molecule is O=C(c1ccccc1)N1CCN(CCCOc2cccc(Cl)c2)CC1. The maximum absolute atomic E-state index is 12.4. The molecule has 0 unspecified atom stereocenters. The Morgan fingerprint density at radius 3 is 2.48 bits per heavy atom. The molecule has 1 amide bonds. The number of ether oxygens (including phenoxy) is 1. The highest BCUT2D eigenvalue weighted by molar-refractivity contribution is 6.30. The summed E-state index contributed by atoms with van der Waals surface area (Å²) in [6.07, 6.45) is 0.957. The summed E-state index contributed by atoms with van der Waals surface area (Å²) >= 11 is 5.94. The van der Waals surface area contributed by atoms with Gasteiger partial charge in [0.1, 0.15) is 5.75 Å². The number of carbonyl (C=O) groups is 1. The highest BCUT2D eigenvalue weighted by Gasteiger charge is 2.21. The lowest BCUT2D eigenvalue weighted by atomic mass is 10.2. The first kappa shape index (κ1) is 17.8. The summed E-state index contributed by atoms with van der Waals surface area (Å²) in [5.74, 6) is 0.940. The van der Waals surface area contributed by atoms with E-state index in [0.717, 1.165) is 50.5 Å². The predicted octanol–water partition coefficient (Wildman–Crippen LogP) is 3.57. The van der Waals surface area contributed by atoms with Gasteiger partial charge in [-0.15, -0.1) is 0 Å². The van der Waals surface area contributed by atoms with E-state index in [-0.39, 0.29) is 5.91 Å². The van der Waals surface area contributed by atoms with Gasteiger partial charge in [-0.2, -0.15) is 0 Å². The molecule has 1 aliphatic heterocycles. The number of halogens is 1. The third-order valence-electron chi connectivity index (χ3n) is 4.36. The van der Waals surface area contributed by atoms with E-state index in [2.05, 4.69) is 4.90 Å². The fourth-order valence-corrected chi connectivity index (χ4v) is 3.15. The molecule has 0 atom stereocenters. The first-order valence-electron chi connectivity index (χ1n) is 8.67. The molecule has 1 heterocycles. The van der Waals surface area contributed by atoms with Crippen LogP contribution in [0.2, 0.25) is 5.02 Å². The van der Waals surface area contributed by atoms with Crippen molar-refractivity contribution in [3.63, 3.8) is 0 Å². The zero-order chi connectivity index (χ0) is 17.5. The zero-order valence-corrected chi connectivity index (χ0v) is 15.0. The average molecular weight is 359 g/mol. The molecule has 5 heteroatoms. The van der Waals surface area contributed by atoms with Crippen LogP contribution in [0.4, 0.5) is 0 Å². The van der Waals surface area contributed by atoms with E-state index < -0.39 is 0 Å². The van der Waals surface area contributed by atoms with Crippen LogP contribution in [0.25, 0.3) is 0 Å². The minimum Gasteiger partial charge on any atom is -0.493 e. The van der Waals surface area contributed by atoms with Crippen molar-refractivity contribution in [2.24, 2.45) is 0 Å². The fourth-order valence-electron chi connectivity index (χ4n) is 2.97. The van der Waals surface area contributed by atoms with Crippen molar-refractivity contribution < 1.29 is 9.53 Å². The van der Waals surface area contributed by atoms with Gasteiger partial charge in [0, 0.05) is 43.3 Å². The minimum atomic E-state index is 0.129. The smallest absolute Gasteiger partial charge is 0.253 e. The van der Waals surface area contributed by atoms with Gasteiger partial charge in [-0.25, -0.2) is 0 Å². The number of piperazine rings is 1. The van der Waals surface area contributed by atoms with Crippen molar-refractivity contribution >= 4 is 17.5 Å². The van der Waals surface area contributed by atoms with E-state index in [4.69, 9.17) is 16.3 Å². The van der Waals surface area contributed by atoms with Gasteiger partial charge in [-0.1, -0.05) is 35.9 Å². The topological polar surface area (TPSA) is 32.8 Å². The van der Waals surface area contributed by atoms with E-state index in [1.54, 1.807) is 0 Å². The lowest BCUT2D eigenvalue weighted by Crippen LogP contribution is -2.49. The predicted molar refractivity (Wildman–Crippen MR) is 100 cm³/mol. The third kappa shape index (κ3) is 5.21. The molecule has 132 valence electrons. The Hall–Kier alpha value is -2.04. The van der Waals surface area contributed by atoms with Crippen LogP contribution in [0.5, 0.6) is 5.75 Å². The van der Waals surface area contributed by atoms with Crippen molar-refractivity contribution in [2.75, 3.05) is 39.3 Å². The van der Waals surface area contributed by atoms with Crippen LogP contribution in [0.15, 0.2) is 54.6 Å². The molecule has 0 aliphatic carbocycles. The number of hydrogen-bond donors (Lipinski definition) is 0. The Kier molecular flexibility index (Phi) is 6.31. The van der Waals surface area contributed by atoms with Crippen molar-refractivity contribution in [1.82, 2.24) is 9.80 Å². The highest BCUT2D eigenvalue weighted by atomic mass is 35.5. The molecule has 0 N–H and O–H groups in total. The molecular weight excluding hydrogens is 336 g/mol. The molecule has 0 spiro atoms. The van der Waals surface area contributed by atoms with Crippen LogP contribution in [0, 0.1) is 0 Å². The summed E-state index contributed by atoms with van der Waals surface area (Å²) < 4.78 is 5.72. The Morgan fingerprint density at radius 1 is 1.00 bits per heavy atom. The summed E-state index contributed by atoms with van der Waals surface area (Å²) in [7, 11) is 0. The lowest BCUT2D eigenvalue weighted by Gasteiger charge is -2.34. The lowest BCUT2D eigenvalue weighted by molar-refractivity contribution is 0.0630. The van der Waals surface area contributed by atoms with Gasteiger partial charge >= 0.3 is 0 Å². The van der Waals surface area contributed by atoms with Crippen molar-refractivity contribution in [1.29, 1.82) is 0 Å². The second kappa shape index (κ2) is 8.88. The van der Waals surface area contributed by atoms with Gasteiger partial charge in [-0.3, -0.25) is 9.69 Å². The van der Waals surface area contributed by atoms with Crippen LogP contribution in [0.3, 0.4) is 0 Å². The molecule has 4 nitrogen and oxygen atoms in total. The van der Waals surface area contributed by atoms with E-state index in [1.165, 1.54) is 0 Å². The minimum absolute atomic E-state index is 0.129. The zero-order valence-electron chi connectivity index (χ0n) is 14.2. The van der Waals surface area contributed by atoms with Gasteiger partial charge in [0.05, 0.1) is 6.61 Å². The largest absolute Gasteiger partial charge is 0.493 e. The summed E-state index contributed by atoms with van der Waals surface area (Å²) in [5, 5.41) is 0.691. The average Bonchev–Trinajstić information content (AvgIpc) is 2.66. The molecule has 2 aromatic carbocycles. The van der Waals surface area contributed by atoms with Crippen molar-refractivity contribution in [3.8, 4) is 5.75 Å². The van der Waals surface area contributed by atoms with E-state index in [9.17, 15) is 4.79 Å². The summed E-state index contributed by atoms with van der Waals surface area (Å²) in [6.45, 7) is 5.04. The molecule has 2 aromatic rings. The number of amides is 1. The Morgan fingerprint density at radius 2 is 1.76 bits per heavy atom. The first-order valence-corrected chi connectivity index (χ1v) is 9.05. The van der Waals surface area contributed by atoms with Gasteiger partial charge in [0.25, 0.3) is 5.91 Å². The molecule has 0 aromatic heterocycles. The van der Waals surface area contributed by atoms with Crippen molar-refractivity contribution in [3.05, 3.63) is 65.2 Å². The monoisotopic (exact) mass is 358 g/mol. The van der Waals surface area contributed by atoms with E-state index in [0.29, 0.717) is 11.6 Å². The molecule has 3 rings (SSSR count). The van der Waals surface area contributed by atoms with E-state index >= 15 is 0 Å². The van der Waals surface area contributed by atoms with Crippen molar-refractivity contribution in [2.45, 2.75) is 6.42 Å². The number of benzene rings is 2. The second-order valence-electron chi connectivity index (χ2n) is 6.16. The maximum atomic E-state index is 12.4. The van der Waals surface area contributed by atoms with E-state index in [1.807, 2.05) is 59.5 Å². The normalized spacial score (nSPS) is 15.2. The van der Waals surface area contributed by atoms with Gasteiger partial charge in [0.2, 0.25) is 0 Å². The fraction of sp³-hybridized carbons (Fsp3) is 0.350. The molecule has 1 aliphatic rings. The van der Waals surface area contributed by atoms with Crippen LogP contribution < -0.4 is 4.74 Å². The molecular formula is C20H23ClN2O2. The number of nitrogens with zero attached hydrogens (tertiary/aromatic N) is 2. The van der Waals surface area contributed by atoms with Crippen LogP contribution in [0.1, 0.15) is 16.8 Å². The number of carbonyl (C=O) groups excluding carboxylic acids is 1. The summed E-state index contributed by atoms with van der Waals surface area (Å²) in [5.41, 5.74) is 0.769. The van der Waals surface area contributed by atoms with Crippen LogP contribution in [-0.4, -0.2) is 55.0 Å². The molecule has 0 radical (unpaired) electrons. The molecule has 0 saturated carbocycles. The standard InChI is InChI=1S/C20H23ClN2O2/c21-18-8-4-9-19(16-18)25-15-5-10-22-11-13-23(14-12-22)20(24)17-6-2-1-3-7-17/h1-4,6-9,16H,5,10-15H2. The number of hydrogen-bond acceptors (Lipinski definition) is 3. The van der Waals surface area contributed by atoms with Gasteiger partial charge in [-0.05, 0) is 36.8 Å². The Balaban J connectivity index is 1.36. The molecule has 25 heavy (non-hydrogen) atoms. The Labute approximate surface area is 154 Å².